The van der Waals surface area contributed by atoms with E-state index in [1.165, 1.54) is 0 Å². The van der Waals surface area contributed by atoms with Crippen molar-refractivity contribution in [3.8, 4) is 0 Å². The van der Waals surface area contributed by atoms with Crippen molar-refractivity contribution in [1.82, 2.24) is 5.32 Å². The van der Waals surface area contributed by atoms with Crippen LogP contribution in [0.25, 0.3) is 0 Å². The molecule has 0 spiro atoms. The van der Waals surface area contributed by atoms with Crippen molar-refractivity contribution >= 4 is 6.29 Å². The molecule has 0 saturated carbocycles. The smallest absolute Gasteiger partial charge is 0.142 e. The largest absolute Gasteiger partial charge is 0.306 e. The highest BCUT2D eigenvalue weighted by molar-refractivity contribution is 5.67. The first-order valence-corrected chi connectivity index (χ1v) is 2.72. The van der Waals surface area contributed by atoms with Crippen LogP contribution >= 0.6 is 0 Å². The van der Waals surface area contributed by atoms with Gasteiger partial charge in [0.15, 0.2) is 0 Å². The van der Waals surface area contributed by atoms with Crippen LogP contribution in [0.4, 0.5) is 0 Å². The Balaban J connectivity index is 3.51. The standard InChI is InChI=1S/C6H12NO/c1-5(2)6(4-8)7-3/h4-5,7H,1-3H3. The molecule has 2 nitrogen and oxygen atoms in total. The maximum absolute atomic E-state index is 10.1. The molecule has 0 aromatic rings. The fourth-order valence-electron chi connectivity index (χ4n) is 0.484. The Bertz CT molecular complexity index is 70.9. The van der Waals surface area contributed by atoms with Crippen molar-refractivity contribution in [3.05, 3.63) is 6.04 Å². The third-order valence-corrected chi connectivity index (χ3v) is 1.04. The monoisotopic (exact) mass is 114 g/mol. The number of carbonyl (C=O) groups is 1. The summed E-state index contributed by atoms with van der Waals surface area (Å²) in [5.41, 5.74) is 0. The zero-order valence-electron chi connectivity index (χ0n) is 5.56. The predicted octanol–water partition coefficient (Wildman–Crippen LogP) is 0.593. The second-order valence-corrected chi connectivity index (χ2v) is 1.98. The average Bonchev–Trinajstić information content (AvgIpc) is 1.69. The number of hydrogen-bond donors (Lipinski definition) is 1. The lowest BCUT2D eigenvalue weighted by molar-refractivity contribution is -0.107. The summed E-state index contributed by atoms with van der Waals surface area (Å²) in [6.45, 7) is 3.94. The molecule has 2 heteroatoms. The molecule has 0 saturated heterocycles. The number of likely N-dealkylation sites (N-methyl/N-ethyl adjacent to an activating group) is 1. The molecule has 0 bridgehead atoms. The Morgan fingerprint density at radius 1 is 1.62 bits per heavy atom. The molecule has 1 radical (unpaired) electrons. The van der Waals surface area contributed by atoms with E-state index in [0.29, 0.717) is 5.92 Å². The Morgan fingerprint density at radius 3 is 2.12 bits per heavy atom. The van der Waals surface area contributed by atoms with Crippen LogP contribution in [0.1, 0.15) is 13.8 Å². The number of rotatable bonds is 3. The van der Waals surface area contributed by atoms with Crippen LogP contribution in [0.2, 0.25) is 0 Å². The van der Waals surface area contributed by atoms with Gasteiger partial charge in [-0.25, -0.2) is 0 Å². The molecule has 0 amide bonds. The quantitative estimate of drug-likeness (QED) is 0.544. The van der Waals surface area contributed by atoms with Gasteiger partial charge in [0.05, 0.1) is 0 Å². The van der Waals surface area contributed by atoms with Gasteiger partial charge in [0.25, 0.3) is 0 Å². The van der Waals surface area contributed by atoms with E-state index in [-0.39, 0.29) is 0 Å². The fourth-order valence-corrected chi connectivity index (χ4v) is 0.484. The predicted molar refractivity (Wildman–Crippen MR) is 33.2 cm³/mol. The molecule has 8 heavy (non-hydrogen) atoms. The van der Waals surface area contributed by atoms with Gasteiger partial charge in [-0.2, -0.15) is 0 Å². The normalized spacial score (nSPS) is 10.6. The van der Waals surface area contributed by atoms with E-state index in [0.717, 1.165) is 12.3 Å². The van der Waals surface area contributed by atoms with Crippen LogP contribution in [0.5, 0.6) is 0 Å². The van der Waals surface area contributed by atoms with E-state index >= 15 is 0 Å². The van der Waals surface area contributed by atoms with Gasteiger partial charge < -0.3 is 10.1 Å². The van der Waals surface area contributed by atoms with Crippen molar-refractivity contribution in [2.75, 3.05) is 7.05 Å². The molecule has 0 unspecified atom stereocenters. The van der Waals surface area contributed by atoms with E-state index in [1.54, 1.807) is 7.05 Å². The number of nitrogens with one attached hydrogen (secondary N) is 1. The van der Waals surface area contributed by atoms with E-state index < -0.39 is 0 Å². The SMILES string of the molecule is CN[C](C=O)C(C)C. The Labute approximate surface area is 50.3 Å². The van der Waals surface area contributed by atoms with Crippen LogP contribution in [0.15, 0.2) is 0 Å². The first-order chi connectivity index (χ1) is 3.72. The van der Waals surface area contributed by atoms with Gasteiger partial charge in [-0.1, -0.05) is 13.8 Å². The lowest BCUT2D eigenvalue weighted by atomic mass is 10.1. The van der Waals surface area contributed by atoms with Gasteiger partial charge in [-0.05, 0) is 13.0 Å². The van der Waals surface area contributed by atoms with Crippen molar-refractivity contribution in [1.29, 1.82) is 0 Å². The lowest BCUT2D eigenvalue weighted by Gasteiger charge is -2.09. The van der Waals surface area contributed by atoms with Crippen LogP contribution < -0.4 is 5.32 Å². The van der Waals surface area contributed by atoms with Crippen LogP contribution in [0.3, 0.4) is 0 Å². The zero-order chi connectivity index (χ0) is 6.57. The summed E-state index contributed by atoms with van der Waals surface area (Å²) < 4.78 is 0. The van der Waals surface area contributed by atoms with Crippen molar-refractivity contribution in [2.24, 2.45) is 5.92 Å². The Morgan fingerprint density at radius 2 is 2.12 bits per heavy atom. The molecule has 0 fully saturated rings. The summed E-state index contributed by atoms with van der Waals surface area (Å²) >= 11 is 0. The van der Waals surface area contributed by atoms with E-state index in [1.807, 2.05) is 13.8 Å². The fraction of sp³-hybridized carbons (Fsp3) is 0.667. The maximum atomic E-state index is 10.1. The van der Waals surface area contributed by atoms with Gasteiger partial charge in [-0.15, -0.1) is 0 Å². The van der Waals surface area contributed by atoms with Crippen LogP contribution in [-0.4, -0.2) is 13.3 Å². The molecule has 1 N–H and O–H groups in total. The molecule has 0 aliphatic heterocycles. The molecular weight excluding hydrogens is 102 g/mol. The first-order valence-electron chi connectivity index (χ1n) is 2.72. The molecular formula is C6H12NO. The molecule has 0 aromatic heterocycles. The van der Waals surface area contributed by atoms with Gasteiger partial charge in [0.1, 0.15) is 12.3 Å². The molecule has 0 atom stereocenters. The zero-order valence-corrected chi connectivity index (χ0v) is 5.56. The average molecular weight is 114 g/mol. The van der Waals surface area contributed by atoms with E-state index in [2.05, 4.69) is 5.32 Å². The Kier molecular flexibility index (Phi) is 3.44. The lowest BCUT2D eigenvalue weighted by Crippen LogP contribution is -2.22. The summed E-state index contributed by atoms with van der Waals surface area (Å²) in [4.78, 5) is 10.1. The highest BCUT2D eigenvalue weighted by Crippen LogP contribution is 2.03. The van der Waals surface area contributed by atoms with Crippen molar-refractivity contribution in [2.45, 2.75) is 13.8 Å². The summed E-state index contributed by atoms with van der Waals surface area (Å²) in [5, 5.41) is 2.80. The third kappa shape index (κ3) is 2.07. The summed E-state index contributed by atoms with van der Waals surface area (Å²) in [6.07, 6.45) is 0.852. The second-order valence-electron chi connectivity index (χ2n) is 1.98. The Hall–Kier alpha value is -0.370. The highest BCUT2D eigenvalue weighted by Gasteiger charge is 2.08. The molecule has 0 aromatic carbocycles. The minimum Gasteiger partial charge on any atom is -0.306 e. The van der Waals surface area contributed by atoms with Crippen molar-refractivity contribution < 1.29 is 4.79 Å². The molecule has 0 aliphatic carbocycles. The van der Waals surface area contributed by atoms with Gasteiger partial charge in [0, 0.05) is 0 Å². The van der Waals surface area contributed by atoms with Gasteiger partial charge in [-0.3, -0.25) is 0 Å². The number of carbonyl (C=O) groups excluding carboxylic acids is 1. The van der Waals surface area contributed by atoms with Gasteiger partial charge >= 0.3 is 0 Å². The topological polar surface area (TPSA) is 29.1 Å². The molecule has 47 valence electrons. The van der Waals surface area contributed by atoms with Crippen LogP contribution in [-0.2, 0) is 4.79 Å². The first kappa shape index (κ1) is 7.63. The summed E-state index contributed by atoms with van der Waals surface area (Å²) in [6, 6.07) is 0.755. The summed E-state index contributed by atoms with van der Waals surface area (Å²) in [7, 11) is 1.75. The molecule has 0 heterocycles. The minimum atomic E-state index is 0.317. The third-order valence-electron chi connectivity index (χ3n) is 1.04. The number of hydrogen-bond acceptors (Lipinski definition) is 2. The van der Waals surface area contributed by atoms with E-state index in [9.17, 15) is 4.79 Å². The van der Waals surface area contributed by atoms with Crippen molar-refractivity contribution in [3.63, 3.8) is 0 Å². The molecule has 0 aliphatic rings. The summed E-state index contributed by atoms with van der Waals surface area (Å²) in [5.74, 6) is 0.317. The number of aldehydes is 1. The second kappa shape index (κ2) is 3.61. The minimum absolute atomic E-state index is 0.317. The molecule has 0 rings (SSSR count). The highest BCUT2D eigenvalue weighted by atomic mass is 16.1. The van der Waals surface area contributed by atoms with Crippen LogP contribution in [0, 0.1) is 12.0 Å². The van der Waals surface area contributed by atoms with Gasteiger partial charge in [0.2, 0.25) is 0 Å². The van der Waals surface area contributed by atoms with E-state index in [4.69, 9.17) is 0 Å². The maximum Gasteiger partial charge on any atom is 0.142 e.